The van der Waals surface area contributed by atoms with Crippen LogP contribution < -0.4 is 5.32 Å². The molecule has 2 saturated heterocycles. The van der Waals surface area contributed by atoms with Crippen LogP contribution in [0.5, 0.6) is 0 Å². The molecule has 0 spiro atoms. The predicted molar refractivity (Wildman–Crippen MR) is 160 cm³/mol. The molecule has 0 aliphatic carbocycles. The molecule has 5 heterocycles. The van der Waals surface area contributed by atoms with Gasteiger partial charge in [0, 0.05) is 40.9 Å². The van der Waals surface area contributed by atoms with Crippen molar-refractivity contribution in [1.29, 1.82) is 0 Å². The number of fused-ring (bicyclic) bond motifs is 1. The van der Waals surface area contributed by atoms with E-state index >= 15 is 0 Å². The van der Waals surface area contributed by atoms with Gasteiger partial charge in [0.2, 0.25) is 11.0 Å². The number of thiophene rings is 2. The maximum atomic E-state index is 14.0. The van der Waals surface area contributed by atoms with Crippen molar-refractivity contribution in [2.24, 2.45) is 4.99 Å². The zero-order valence-corrected chi connectivity index (χ0v) is 24.7. The van der Waals surface area contributed by atoms with Crippen LogP contribution in [0.2, 0.25) is 0 Å². The van der Waals surface area contributed by atoms with E-state index in [-0.39, 0.29) is 25.8 Å². The molecule has 216 valence electrons. The maximum absolute atomic E-state index is 14.0. The number of ketones is 2. The highest BCUT2D eigenvalue weighted by Gasteiger charge is 2.55. The number of nitrogens with one attached hydrogen (secondary N) is 1. The number of Topliss-reactive ketones (excluding diaryl/α,β-unsaturated/α-hetero) is 2. The van der Waals surface area contributed by atoms with Crippen molar-refractivity contribution in [3.63, 3.8) is 0 Å². The van der Waals surface area contributed by atoms with Gasteiger partial charge in [-0.3, -0.25) is 19.2 Å². The Morgan fingerprint density at radius 3 is 2.50 bits per heavy atom. The summed E-state index contributed by atoms with van der Waals surface area (Å²) in [6.07, 6.45) is 3.09. The predicted octanol–water partition coefficient (Wildman–Crippen LogP) is 2.89. The maximum Gasteiger partial charge on any atom is 0.264 e. The Morgan fingerprint density at radius 1 is 1.05 bits per heavy atom. The number of amides is 2. The highest BCUT2D eigenvalue weighted by atomic mass is 32.2. The highest BCUT2D eigenvalue weighted by molar-refractivity contribution is 8.06. The second-order valence-corrected chi connectivity index (χ2v) is 13.9. The van der Waals surface area contributed by atoms with Crippen molar-refractivity contribution < 1.29 is 27.6 Å². The molecular weight excluding hydrogens is 597 g/mol. The second kappa shape index (κ2) is 11.5. The molecule has 1 aromatic carbocycles. The number of rotatable bonds is 7. The van der Waals surface area contributed by atoms with Crippen LogP contribution in [-0.4, -0.2) is 77.3 Å². The molecule has 0 bridgehead atoms. The average Bonchev–Trinajstić information content (AvgIpc) is 3.80. The van der Waals surface area contributed by atoms with Crippen molar-refractivity contribution in [2.45, 2.75) is 37.4 Å². The Labute approximate surface area is 250 Å². The minimum Gasteiger partial charge on any atom is -0.340 e. The third-order valence-electron chi connectivity index (χ3n) is 7.59. The van der Waals surface area contributed by atoms with Gasteiger partial charge in [-0.25, -0.2) is 13.4 Å². The standard InChI is InChI=1S/C29H26N4O6S3/c34-23-5-1-12-30-28(23)42(38,39)33-17-24(35)26-22(33)11-13-32(26)29(37)21(16-20-4-2-14-40-20)31-27(36)19-9-7-18(8-10-19)25-6-3-15-41-25/h1-4,6-10,12,14-15,21-22,26H,5,11,13,16-17H2,(H,31,36). The molecule has 0 radical (unpaired) electrons. The summed E-state index contributed by atoms with van der Waals surface area (Å²) in [4.78, 5) is 59.9. The van der Waals surface area contributed by atoms with E-state index in [9.17, 15) is 27.6 Å². The van der Waals surface area contributed by atoms with E-state index in [0.717, 1.165) is 19.6 Å². The normalized spacial score (nSPS) is 21.3. The molecule has 6 rings (SSSR count). The molecule has 1 N–H and O–H groups in total. The first kappa shape index (κ1) is 28.3. The van der Waals surface area contributed by atoms with Gasteiger partial charge in [-0.1, -0.05) is 30.3 Å². The first-order valence-electron chi connectivity index (χ1n) is 13.3. The Hall–Kier alpha value is -3.78. The fraction of sp³-hybridized carbons (Fsp3) is 0.276. The summed E-state index contributed by atoms with van der Waals surface area (Å²) in [6, 6.07) is 12.0. The van der Waals surface area contributed by atoms with Crippen molar-refractivity contribution in [3.05, 3.63) is 82.0 Å². The van der Waals surface area contributed by atoms with Crippen molar-refractivity contribution in [1.82, 2.24) is 14.5 Å². The molecule has 2 fully saturated rings. The van der Waals surface area contributed by atoms with E-state index in [2.05, 4.69) is 10.3 Å². The number of aliphatic imine (C=N–C) groups is 1. The fourth-order valence-corrected chi connectivity index (χ4v) is 8.75. The molecule has 2 aromatic heterocycles. The largest absolute Gasteiger partial charge is 0.340 e. The van der Waals surface area contributed by atoms with Crippen LogP contribution in [0.4, 0.5) is 0 Å². The van der Waals surface area contributed by atoms with Crippen LogP contribution in [0.25, 0.3) is 10.4 Å². The Kier molecular flexibility index (Phi) is 7.75. The number of likely N-dealkylation sites (tertiary alicyclic amines) is 1. The van der Waals surface area contributed by atoms with Crippen LogP contribution >= 0.6 is 22.7 Å². The van der Waals surface area contributed by atoms with Crippen molar-refractivity contribution >= 4 is 61.1 Å². The Bertz CT molecular complexity index is 1700. The van der Waals surface area contributed by atoms with Gasteiger partial charge in [-0.15, -0.1) is 22.7 Å². The quantitative estimate of drug-likeness (QED) is 0.431. The molecule has 13 heteroatoms. The van der Waals surface area contributed by atoms with E-state index in [1.807, 2.05) is 47.2 Å². The average molecular weight is 623 g/mol. The van der Waals surface area contributed by atoms with Gasteiger partial charge < -0.3 is 10.2 Å². The zero-order valence-electron chi connectivity index (χ0n) is 22.2. The number of sulfonamides is 1. The van der Waals surface area contributed by atoms with Gasteiger partial charge in [0.15, 0.2) is 11.6 Å². The summed E-state index contributed by atoms with van der Waals surface area (Å²) >= 11 is 3.04. The highest BCUT2D eigenvalue weighted by Crippen LogP contribution is 2.33. The molecule has 3 atom stereocenters. The van der Waals surface area contributed by atoms with E-state index < -0.39 is 63.1 Å². The summed E-state index contributed by atoms with van der Waals surface area (Å²) < 4.78 is 27.7. The first-order valence-corrected chi connectivity index (χ1v) is 16.5. The molecule has 42 heavy (non-hydrogen) atoms. The topological polar surface area (TPSA) is 133 Å². The van der Waals surface area contributed by atoms with Crippen LogP contribution in [-0.2, 0) is 30.8 Å². The van der Waals surface area contributed by atoms with Gasteiger partial charge in [0.05, 0.1) is 12.6 Å². The number of hydrogen-bond acceptors (Lipinski definition) is 9. The minimum atomic E-state index is -4.33. The molecule has 3 unspecified atom stereocenters. The van der Waals surface area contributed by atoms with Crippen LogP contribution in [0.15, 0.2) is 76.6 Å². The van der Waals surface area contributed by atoms with E-state index in [1.54, 1.807) is 23.5 Å². The molecule has 3 aliphatic heterocycles. The van der Waals surface area contributed by atoms with Gasteiger partial charge >= 0.3 is 0 Å². The third-order valence-corrected chi connectivity index (χ3v) is 11.3. The summed E-state index contributed by atoms with van der Waals surface area (Å²) in [5.74, 6) is -1.95. The Balaban J connectivity index is 1.22. The molecule has 0 saturated carbocycles. The number of carbonyl (C=O) groups excluding carboxylic acids is 4. The summed E-state index contributed by atoms with van der Waals surface area (Å²) in [5.41, 5.74) is 1.37. The molecule has 10 nitrogen and oxygen atoms in total. The summed E-state index contributed by atoms with van der Waals surface area (Å²) in [7, 11) is -4.33. The number of nitrogens with zero attached hydrogens (tertiary/aromatic N) is 3. The molecule has 3 aromatic rings. The Morgan fingerprint density at radius 2 is 1.81 bits per heavy atom. The number of benzene rings is 1. The molecule has 2 amide bonds. The fourth-order valence-electron chi connectivity index (χ4n) is 5.60. The lowest BCUT2D eigenvalue weighted by molar-refractivity contribution is -0.138. The van der Waals surface area contributed by atoms with E-state index in [4.69, 9.17) is 0 Å². The number of carbonyl (C=O) groups is 4. The van der Waals surface area contributed by atoms with Crippen LogP contribution in [0.1, 0.15) is 28.1 Å². The van der Waals surface area contributed by atoms with Crippen LogP contribution in [0, 0.1) is 0 Å². The smallest absolute Gasteiger partial charge is 0.264 e. The van der Waals surface area contributed by atoms with E-state index in [1.165, 1.54) is 28.5 Å². The lowest BCUT2D eigenvalue weighted by atomic mass is 10.1. The van der Waals surface area contributed by atoms with Gasteiger partial charge in [0.25, 0.3) is 15.9 Å². The lowest BCUT2D eigenvalue weighted by Crippen LogP contribution is -2.53. The summed E-state index contributed by atoms with van der Waals surface area (Å²) in [6.45, 7) is -0.311. The summed E-state index contributed by atoms with van der Waals surface area (Å²) in [5, 5.41) is 6.13. The molecule has 3 aliphatic rings. The first-order chi connectivity index (χ1) is 20.2. The molecular formula is C29H26N4O6S3. The third kappa shape index (κ3) is 5.28. The zero-order chi connectivity index (χ0) is 29.4. The van der Waals surface area contributed by atoms with E-state index in [0.29, 0.717) is 5.56 Å². The second-order valence-electron chi connectivity index (χ2n) is 10.2. The van der Waals surface area contributed by atoms with Crippen molar-refractivity contribution in [2.75, 3.05) is 13.1 Å². The van der Waals surface area contributed by atoms with Crippen LogP contribution in [0.3, 0.4) is 0 Å². The SMILES string of the molecule is O=C1CC=CN=C1S(=O)(=O)N1CC(=O)C2C1CCN2C(=O)C(Cc1cccs1)NC(=O)c1ccc(-c2cccs2)cc1. The van der Waals surface area contributed by atoms with Gasteiger partial charge in [-0.2, -0.15) is 4.31 Å². The monoisotopic (exact) mass is 622 g/mol. The van der Waals surface area contributed by atoms with Gasteiger partial charge in [-0.05, 0) is 47.0 Å². The minimum absolute atomic E-state index is 0.0839. The number of allylic oxidation sites excluding steroid dienone is 1. The lowest BCUT2D eigenvalue weighted by Gasteiger charge is -2.28. The van der Waals surface area contributed by atoms with Gasteiger partial charge in [0.1, 0.15) is 12.1 Å². The van der Waals surface area contributed by atoms with Crippen molar-refractivity contribution in [3.8, 4) is 10.4 Å². The number of hydrogen-bond donors (Lipinski definition) is 1.